The molecule has 0 bridgehead atoms. The second kappa shape index (κ2) is 9.59. The van der Waals surface area contributed by atoms with Gasteiger partial charge in [-0.15, -0.1) is 0 Å². The maximum atomic E-state index is 12.0. The lowest BCUT2D eigenvalue weighted by molar-refractivity contribution is -0.145. The molecular weight excluding hydrogens is 260 g/mol. The van der Waals surface area contributed by atoms with E-state index in [4.69, 9.17) is 4.74 Å². The molecule has 1 aromatic carbocycles. The van der Waals surface area contributed by atoms with Crippen molar-refractivity contribution in [2.45, 2.75) is 65.7 Å². The number of rotatable bonds is 9. The van der Waals surface area contributed by atoms with E-state index in [1.165, 1.54) is 18.4 Å². The number of hydrogen-bond donors (Lipinski definition) is 0. The first-order chi connectivity index (χ1) is 10.0. The quantitative estimate of drug-likeness (QED) is 0.466. The molecule has 0 amide bonds. The highest BCUT2D eigenvalue weighted by atomic mass is 16.5. The van der Waals surface area contributed by atoms with Crippen LogP contribution in [0, 0.1) is 5.92 Å². The van der Waals surface area contributed by atoms with E-state index in [0.717, 1.165) is 24.8 Å². The van der Waals surface area contributed by atoms with Crippen molar-refractivity contribution in [3.05, 3.63) is 35.4 Å². The van der Waals surface area contributed by atoms with Gasteiger partial charge in [-0.05, 0) is 36.8 Å². The third-order valence-corrected chi connectivity index (χ3v) is 3.72. The average molecular weight is 290 g/mol. The minimum atomic E-state index is -0.177. The molecule has 1 aromatic rings. The second-order valence-electron chi connectivity index (χ2n) is 6.29. The third kappa shape index (κ3) is 6.79. The molecule has 2 nitrogen and oxygen atoms in total. The molecule has 0 spiro atoms. The summed E-state index contributed by atoms with van der Waals surface area (Å²) in [6.07, 6.45) is 5.61. The molecule has 0 aliphatic carbocycles. The van der Waals surface area contributed by atoms with Gasteiger partial charge in [-0.2, -0.15) is 0 Å². The van der Waals surface area contributed by atoms with Crippen LogP contribution in [0.2, 0.25) is 0 Å². The molecule has 0 saturated carbocycles. The predicted octanol–water partition coefficient (Wildman–Crippen LogP) is 5.11. The van der Waals surface area contributed by atoms with E-state index in [-0.39, 0.29) is 11.9 Å². The molecule has 0 heterocycles. The summed E-state index contributed by atoms with van der Waals surface area (Å²) in [5, 5.41) is 0. The first kappa shape index (κ1) is 17.7. The fraction of sp³-hybridized carbons (Fsp3) is 0.632. The van der Waals surface area contributed by atoms with Crippen LogP contribution in [-0.4, -0.2) is 12.6 Å². The van der Waals surface area contributed by atoms with E-state index < -0.39 is 0 Å². The molecule has 0 aliphatic rings. The molecule has 0 saturated heterocycles. The zero-order valence-electron chi connectivity index (χ0n) is 14.0. The van der Waals surface area contributed by atoms with Crippen LogP contribution in [0.1, 0.15) is 70.4 Å². The Kier molecular flexibility index (Phi) is 8.11. The lowest BCUT2D eigenvalue weighted by atomic mass is 9.97. The topological polar surface area (TPSA) is 26.3 Å². The number of carbonyl (C=O) groups excluding carboxylic acids is 1. The van der Waals surface area contributed by atoms with Crippen molar-refractivity contribution >= 4 is 5.97 Å². The molecule has 21 heavy (non-hydrogen) atoms. The Hall–Kier alpha value is -1.31. The maximum Gasteiger partial charge on any atom is 0.313 e. The smallest absolute Gasteiger partial charge is 0.313 e. The molecule has 0 N–H and O–H groups in total. The number of benzene rings is 1. The molecule has 0 aromatic heterocycles. The van der Waals surface area contributed by atoms with Crippen molar-refractivity contribution < 1.29 is 9.53 Å². The molecule has 2 heteroatoms. The van der Waals surface area contributed by atoms with Gasteiger partial charge in [-0.25, -0.2) is 0 Å². The molecule has 118 valence electrons. The summed E-state index contributed by atoms with van der Waals surface area (Å²) in [7, 11) is 0. The molecule has 0 fully saturated rings. The Labute approximate surface area is 129 Å². The van der Waals surface area contributed by atoms with Crippen LogP contribution in [0.5, 0.6) is 0 Å². The Bertz CT molecular complexity index is 406. The minimum absolute atomic E-state index is 0.108. The van der Waals surface area contributed by atoms with Crippen molar-refractivity contribution in [3.8, 4) is 0 Å². The van der Waals surface area contributed by atoms with E-state index in [9.17, 15) is 4.79 Å². The van der Waals surface area contributed by atoms with E-state index in [2.05, 4.69) is 45.0 Å². The Morgan fingerprint density at radius 1 is 1.05 bits per heavy atom. The monoisotopic (exact) mass is 290 g/mol. The number of carbonyl (C=O) groups is 1. The van der Waals surface area contributed by atoms with Gasteiger partial charge in [0.1, 0.15) is 0 Å². The Morgan fingerprint density at radius 3 is 2.29 bits per heavy atom. The van der Waals surface area contributed by atoms with Crippen molar-refractivity contribution in [2.24, 2.45) is 5.92 Å². The van der Waals surface area contributed by atoms with Crippen molar-refractivity contribution in [1.82, 2.24) is 0 Å². The third-order valence-electron chi connectivity index (χ3n) is 3.72. The van der Waals surface area contributed by atoms with E-state index >= 15 is 0 Å². The van der Waals surface area contributed by atoms with Gasteiger partial charge in [0, 0.05) is 0 Å². The van der Waals surface area contributed by atoms with Crippen LogP contribution in [-0.2, 0) is 16.0 Å². The van der Waals surface area contributed by atoms with Crippen molar-refractivity contribution in [3.63, 3.8) is 0 Å². The van der Waals surface area contributed by atoms with Gasteiger partial charge in [0.2, 0.25) is 0 Å². The van der Waals surface area contributed by atoms with Crippen molar-refractivity contribution in [1.29, 1.82) is 0 Å². The number of ether oxygens (including phenoxy) is 1. The maximum absolute atomic E-state index is 12.0. The molecule has 0 radical (unpaired) electrons. The zero-order valence-corrected chi connectivity index (χ0v) is 14.0. The molecule has 1 atom stereocenters. The fourth-order valence-corrected chi connectivity index (χ4v) is 2.38. The standard InChI is InChI=1S/C19H30O2/c1-5-6-7-8-13-21-19(20)16(4)18-11-9-17(10-12-18)14-15(2)3/h9-12,15-16H,5-8,13-14H2,1-4H3/t16-/m0/s1. The predicted molar refractivity (Wildman–Crippen MR) is 88.5 cm³/mol. The van der Waals surface area contributed by atoms with Gasteiger partial charge in [0.05, 0.1) is 12.5 Å². The number of unbranched alkanes of at least 4 members (excludes halogenated alkanes) is 3. The van der Waals surface area contributed by atoms with Gasteiger partial charge in [0.15, 0.2) is 0 Å². The van der Waals surface area contributed by atoms with E-state index in [1.54, 1.807) is 0 Å². The SMILES string of the molecule is CCCCCCOC(=O)[C@@H](C)c1ccc(CC(C)C)cc1. The summed E-state index contributed by atoms with van der Waals surface area (Å²) in [5.74, 6) is 0.369. The zero-order chi connectivity index (χ0) is 15.7. The van der Waals surface area contributed by atoms with Gasteiger partial charge < -0.3 is 4.74 Å². The van der Waals surface area contributed by atoms with Gasteiger partial charge in [-0.3, -0.25) is 4.79 Å². The lowest BCUT2D eigenvalue weighted by Gasteiger charge is -2.13. The lowest BCUT2D eigenvalue weighted by Crippen LogP contribution is -2.14. The average Bonchev–Trinajstić information content (AvgIpc) is 2.46. The summed E-state index contributed by atoms with van der Waals surface area (Å²) < 4.78 is 5.36. The number of esters is 1. The summed E-state index contributed by atoms with van der Waals surface area (Å²) in [5.41, 5.74) is 2.37. The van der Waals surface area contributed by atoms with E-state index in [0.29, 0.717) is 12.5 Å². The highest BCUT2D eigenvalue weighted by Gasteiger charge is 2.16. The first-order valence-corrected chi connectivity index (χ1v) is 8.30. The second-order valence-corrected chi connectivity index (χ2v) is 6.29. The van der Waals surface area contributed by atoms with Crippen LogP contribution in [0.15, 0.2) is 24.3 Å². The summed E-state index contributed by atoms with van der Waals surface area (Å²) in [4.78, 5) is 12.0. The molecular formula is C19H30O2. The Morgan fingerprint density at radius 2 is 1.71 bits per heavy atom. The normalized spacial score (nSPS) is 12.4. The first-order valence-electron chi connectivity index (χ1n) is 8.30. The highest BCUT2D eigenvalue weighted by Crippen LogP contribution is 2.19. The van der Waals surface area contributed by atoms with E-state index in [1.807, 2.05) is 6.92 Å². The largest absolute Gasteiger partial charge is 0.465 e. The van der Waals surface area contributed by atoms with Crippen LogP contribution in [0.4, 0.5) is 0 Å². The number of hydrogen-bond acceptors (Lipinski definition) is 2. The van der Waals surface area contributed by atoms with Gasteiger partial charge in [0.25, 0.3) is 0 Å². The highest BCUT2D eigenvalue weighted by molar-refractivity contribution is 5.77. The van der Waals surface area contributed by atoms with Crippen LogP contribution in [0.3, 0.4) is 0 Å². The molecule has 0 unspecified atom stereocenters. The summed E-state index contributed by atoms with van der Waals surface area (Å²) >= 11 is 0. The Balaban J connectivity index is 2.42. The minimum Gasteiger partial charge on any atom is -0.465 e. The molecule has 0 aliphatic heterocycles. The van der Waals surface area contributed by atoms with Crippen LogP contribution >= 0.6 is 0 Å². The molecule has 1 rings (SSSR count). The summed E-state index contributed by atoms with van der Waals surface area (Å²) in [6.45, 7) is 9.08. The summed E-state index contributed by atoms with van der Waals surface area (Å²) in [6, 6.07) is 8.36. The van der Waals surface area contributed by atoms with Gasteiger partial charge >= 0.3 is 5.97 Å². The van der Waals surface area contributed by atoms with Gasteiger partial charge in [-0.1, -0.05) is 64.3 Å². The van der Waals surface area contributed by atoms with Crippen LogP contribution in [0.25, 0.3) is 0 Å². The van der Waals surface area contributed by atoms with Crippen LogP contribution < -0.4 is 0 Å². The van der Waals surface area contributed by atoms with Crippen molar-refractivity contribution in [2.75, 3.05) is 6.61 Å². The fourth-order valence-electron chi connectivity index (χ4n) is 2.38.